The first kappa shape index (κ1) is 109. The molecule has 0 aromatic heterocycles. The van der Waals surface area contributed by atoms with Crippen LogP contribution in [-0.4, -0.2) is 209 Å². The normalized spacial score (nSPS) is 27.3. The Morgan fingerprint density at radius 1 is 0.589 bits per heavy atom. The van der Waals surface area contributed by atoms with Crippen LogP contribution >= 0.6 is 160 Å². The molecule has 5 aromatic carbocycles. The van der Waals surface area contributed by atoms with Crippen LogP contribution in [0.25, 0.3) is 0 Å². The number of thiol groups is 4. The number of benzene rings is 5. The fourth-order valence-electron chi connectivity index (χ4n) is 10.1. The molecule has 5 aromatic rings. The van der Waals surface area contributed by atoms with Crippen LogP contribution in [0.3, 0.4) is 0 Å². The molecule has 39 heteroatoms. The van der Waals surface area contributed by atoms with E-state index in [1.807, 2.05) is 196 Å². The maximum atomic E-state index is 11.5. The minimum atomic E-state index is -3.25. The summed E-state index contributed by atoms with van der Waals surface area (Å²) in [5.74, 6) is 0. The molecule has 0 bridgehead atoms. The van der Waals surface area contributed by atoms with Crippen molar-refractivity contribution >= 4 is 184 Å². The maximum Gasteiger partial charge on any atom is 0.373 e. The smallest absolute Gasteiger partial charge is 0.373 e. The van der Waals surface area contributed by atoms with E-state index in [1.165, 1.54) is 21.6 Å². The summed E-state index contributed by atoms with van der Waals surface area (Å²) in [5, 5.41) is 15.5. The van der Waals surface area contributed by atoms with Crippen LogP contribution in [0.2, 0.25) is 0 Å². The summed E-state index contributed by atoms with van der Waals surface area (Å²) in [6.45, 7) is 7.41. The third kappa shape index (κ3) is 33.8. The fourth-order valence-corrected chi connectivity index (χ4v) is 26.4. The molecular weight excluding hydrogens is 1740 g/mol. The minimum Gasteiger partial charge on any atom is -0.387 e. The van der Waals surface area contributed by atoms with Crippen LogP contribution in [0.5, 0.6) is 0 Å². The number of likely N-dealkylation sites (N-methyl/N-ethyl adjacent to an activating group) is 5. The summed E-state index contributed by atoms with van der Waals surface area (Å²) in [4.78, 5) is 9.22. The average Bonchev–Trinajstić information content (AvgIpc) is 1.53. The van der Waals surface area contributed by atoms with Gasteiger partial charge in [-0.05, 0) is 143 Å². The van der Waals surface area contributed by atoms with Gasteiger partial charge in [-0.15, -0.1) is 18.7 Å². The van der Waals surface area contributed by atoms with Crippen molar-refractivity contribution < 1.29 is 46.2 Å². The summed E-state index contributed by atoms with van der Waals surface area (Å²) in [6.07, 6.45) is -2.83. The molecule has 4 fully saturated rings. The van der Waals surface area contributed by atoms with Gasteiger partial charge in [-0.3, -0.25) is 4.57 Å². The van der Waals surface area contributed by atoms with Gasteiger partial charge < -0.3 is 29.7 Å². The van der Waals surface area contributed by atoms with Crippen molar-refractivity contribution in [2.75, 3.05) is 132 Å². The Labute approximate surface area is 706 Å². The van der Waals surface area contributed by atoms with Crippen molar-refractivity contribution in [3.63, 3.8) is 0 Å². The van der Waals surface area contributed by atoms with Crippen LogP contribution in [0, 0.1) is 0 Å². The molecule has 4 aliphatic rings. The molecule has 4 saturated heterocycles. The molecule has 4 heterocycles. The summed E-state index contributed by atoms with van der Waals surface area (Å²) in [5.41, 5.74) is 5.67. The second kappa shape index (κ2) is 51.3. The topological polar surface area (TPSA) is 172 Å². The number of nitrogens with zero attached hydrogens (tertiary/aromatic N) is 8. The van der Waals surface area contributed by atoms with E-state index < -0.39 is 49.5 Å². The molecule has 616 valence electrons. The van der Waals surface area contributed by atoms with Gasteiger partial charge in [-0.25, -0.2) is 9.34 Å². The van der Waals surface area contributed by atoms with E-state index >= 15 is 0 Å². The van der Waals surface area contributed by atoms with Crippen molar-refractivity contribution in [3.05, 3.63) is 179 Å². The molecule has 4 aliphatic heterocycles. The standard InChI is InChI=1S/C14H25N2O2PS.C12H20N2OPS.2C10H14ClNOPS.C10H15NO.C5H14NO2PS.C4H12NO2PS.C2H7N.CH4.Cl3PS/c1-6-17-19(20,15(3)4)16(5)12(2)14(18-19)13-10-8-7-9-11-13;1-10-12(11-8-6-5-7-9-11)15-16(17,13(2)3)14(10)4;2*1-8-10(9-6-4-3-5-7-9)13-14(11,15)12(8)2;1-8(11-2)10(12)9-6-4-3-5-7-9;1-5-8-9(7,10-4)6(2)3;1-4-7-8(6,9)5(2)3;1-3-2;;1-4(2,3)5/h7-12,14,20H,6H2,1-5H3;5-10,12,17H,1-4H3;2*3-8,10,15H,1-2H3;3-8,10-12H,1-2H3;5H2,1-4H3;4H2,1-3H3,(H,6,9);3H,1-2H3;1H4;/q;3*+1;;;;;;/t12-,14+;10-,12?,16?;2*8-,10+,14?;8-,10-;9-;;;;/m000001..../s1. The Morgan fingerprint density at radius 3 is 1.14 bits per heavy atom. The molecule has 4 N–H and O–H groups in total. The van der Waals surface area contributed by atoms with Gasteiger partial charge in [0, 0.05) is 41.3 Å². The largest absolute Gasteiger partial charge is 0.387 e. The first-order valence-electron chi connectivity index (χ1n) is 33.8. The van der Waals surface area contributed by atoms with E-state index in [4.69, 9.17) is 124 Å². The van der Waals surface area contributed by atoms with Gasteiger partial charge in [0.25, 0.3) is 6.64 Å². The first-order chi connectivity index (χ1) is 49.1. The molecular formula is C68H125Cl5N10O10P7S7+3. The van der Waals surface area contributed by atoms with E-state index in [9.17, 15) is 14.6 Å². The summed E-state index contributed by atoms with van der Waals surface area (Å²) < 4.78 is 65.3. The van der Waals surface area contributed by atoms with Gasteiger partial charge in [-0.1, -0.05) is 174 Å². The van der Waals surface area contributed by atoms with E-state index in [1.54, 1.807) is 46.0 Å². The quantitative estimate of drug-likeness (QED) is 0.0307. The number of aliphatic hydroxyl groups is 1. The van der Waals surface area contributed by atoms with Gasteiger partial charge in [-0.2, -0.15) is 13.6 Å². The maximum absolute atomic E-state index is 11.5. The van der Waals surface area contributed by atoms with Gasteiger partial charge in [0.15, 0.2) is 40.8 Å². The van der Waals surface area contributed by atoms with Gasteiger partial charge in [0.2, 0.25) is 4.10 Å². The Bertz CT molecular complexity index is 3330. The Hall–Kier alpha value is 1.79. The van der Waals surface area contributed by atoms with Crippen LogP contribution in [0.15, 0.2) is 152 Å². The van der Waals surface area contributed by atoms with E-state index in [-0.39, 0.29) is 56.0 Å². The predicted octanol–water partition coefficient (Wildman–Crippen LogP) is 22.4. The zero-order valence-electron chi connectivity index (χ0n) is 65.6. The summed E-state index contributed by atoms with van der Waals surface area (Å²) in [7, 11) is 28.6. The molecule has 9 rings (SSSR count). The first-order valence-corrected chi connectivity index (χ1v) is 58.7. The molecule has 0 saturated carbocycles. The number of nitrogens with one attached hydrogen (secondary N) is 2. The minimum absolute atomic E-state index is 0. The van der Waals surface area contributed by atoms with Crippen molar-refractivity contribution in [2.24, 2.45) is 0 Å². The van der Waals surface area contributed by atoms with Crippen LogP contribution in [-0.2, 0) is 59.8 Å². The zero-order valence-corrected chi connectivity index (χ0v) is 81.7. The average molecular weight is 1860 g/mol. The number of hydrogen-bond acceptors (Lipinski definition) is 24. The number of hydrogen-bond donors (Lipinski definition) is 8. The SMILES string of the molecule is C.CCOP(O)(=S)N(C)C.CCOP1(S)(N(C)C)O[C@@H](c2ccccc2)[C@H](C)N1C.CCO[P@@](=O)(SC)N(C)C.CNC.CN[C@@H](C)[C@H](O)c1ccccc1.C[C@H]1C(c2ccccc2)O[P+](S)(N(C)C)N1C.C[C@H]1[C@H](c2ccccc2)O[P+](S)(Cl)N1C.C[C@H]1[C@H](c2ccccc2)O[P+](S)(Cl)N1C.S=P(Cl)(Cl)Cl. The van der Waals surface area contributed by atoms with Crippen LogP contribution in [0.1, 0.15) is 121 Å². The molecule has 0 aliphatic carbocycles. The van der Waals surface area contributed by atoms with Crippen molar-refractivity contribution in [2.45, 2.75) is 124 Å². The summed E-state index contributed by atoms with van der Waals surface area (Å²) in [6, 6.07) is 51.7. The molecule has 5 unspecified atom stereocenters. The molecule has 107 heavy (non-hydrogen) atoms. The van der Waals surface area contributed by atoms with Crippen LogP contribution < -0.4 is 10.6 Å². The Morgan fingerprint density at radius 2 is 0.907 bits per heavy atom. The van der Waals surface area contributed by atoms with Gasteiger partial charge >= 0.3 is 153 Å². The third-order valence-corrected chi connectivity index (χ3v) is 43.5. The van der Waals surface area contributed by atoms with Crippen LogP contribution in [0.4, 0.5) is 0 Å². The zero-order chi connectivity index (χ0) is 81.6. The number of halogens is 5. The molecule has 0 amide bonds. The Kier molecular flexibility index (Phi) is 52.2. The number of rotatable bonds is 18. The fraction of sp³-hybridized carbons (Fsp3) is 0.559. The van der Waals surface area contributed by atoms with Crippen molar-refractivity contribution in [1.29, 1.82) is 0 Å². The molecule has 0 radical (unpaired) electrons. The molecule has 15 atom stereocenters. The second-order valence-corrected chi connectivity index (χ2v) is 64.4. The van der Waals surface area contributed by atoms with Crippen molar-refractivity contribution in [3.8, 4) is 0 Å². The van der Waals surface area contributed by atoms with Gasteiger partial charge in [0.05, 0.1) is 74.2 Å². The van der Waals surface area contributed by atoms with E-state index in [0.717, 1.165) is 22.3 Å². The Balaban J connectivity index is 0.00000122. The monoisotopic (exact) mass is 1860 g/mol. The second-order valence-electron chi connectivity index (χ2n) is 24.9. The molecule has 20 nitrogen and oxygen atoms in total. The predicted molar refractivity (Wildman–Crippen MR) is 496 cm³/mol. The van der Waals surface area contributed by atoms with E-state index in [2.05, 4.69) is 156 Å². The van der Waals surface area contributed by atoms with Gasteiger partial charge in [0.1, 0.15) is 0 Å². The van der Waals surface area contributed by atoms with Crippen molar-refractivity contribution in [1.82, 2.24) is 48.0 Å². The van der Waals surface area contributed by atoms with E-state index in [0.29, 0.717) is 25.9 Å². The third-order valence-electron chi connectivity index (χ3n) is 16.8. The summed E-state index contributed by atoms with van der Waals surface area (Å²) >= 11 is 56.2. The number of aliphatic hydroxyl groups excluding tert-OH is 1. The molecule has 0 spiro atoms.